The molecular formula is C14H23N3. The molecule has 1 aliphatic heterocycles. The third-order valence-electron chi connectivity index (χ3n) is 3.60. The fourth-order valence-electron chi connectivity index (χ4n) is 2.54. The number of aromatic nitrogens is 1. The normalized spacial score (nSPS) is 21.3. The highest BCUT2D eigenvalue weighted by Crippen LogP contribution is 2.23. The molecule has 3 nitrogen and oxygen atoms in total. The lowest BCUT2D eigenvalue weighted by Crippen LogP contribution is -2.26. The standard InChI is InChI=1S/C14H23N3/c1-12-4-3-10-17(11-7-12)14-13(6-8-15)5-2-9-16-14/h2,5,9,12H,3-4,6-8,10-11,15H2,1H3. The van der Waals surface area contributed by atoms with Gasteiger partial charge < -0.3 is 10.6 Å². The Bertz CT molecular complexity index is 351. The van der Waals surface area contributed by atoms with E-state index >= 15 is 0 Å². The maximum atomic E-state index is 5.67. The Balaban J connectivity index is 2.14. The molecule has 1 unspecified atom stereocenters. The van der Waals surface area contributed by atoms with Gasteiger partial charge in [-0.2, -0.15) is 0 Å². The van der Waals surface area contributed by atoms with Gasteiger partial charge in [-0.1, -0.05) is 13.0 Å². The van der Waals surface area contributed by atoms with Crippen molar-refractivity contribution in [2.24, 2.45) is 11.7 Å². The summed E-state index contributed by atoms with van der Waals surface area (Å²) in [5.41, 5.74) is 6.96. The Morgan fingerprint density at radius 3 is 3.12 bits per heavy atom. The second-order valence-corrected chi connectivity index (χ2v) is 5.05. The van der Waals surface area contributed by atoms with Crippen molar-refractivity contribution in [2.75, 3.05) is 24.5 Å². The number of nitrogens with zero attached hydrogens (tertiary/aromatic N) is 2. The second-order valence-electron chi connectivity index (χ2n) is 5.05. The molecule has 94 valence electrons. The zero-order valence-corrected chi connectivity index (χ0v) is 10.7. The Kier molecular flexibility index (Phi) is 4.37. The Hall–Kier alpha value is -1.09. The summed E-state index contributed by atoms with van der Waals surface area (Å²) >= 11 is 0. The minimum absolute atomic E-state index is 0.697. The first-order valence-corrected chi connectivity index (χ1v) is 6.70. The summed E-state index contributed by atoms with van der Waals surface area (Å²) in [5.74, 6) is 2.01. The summed E-state index contributed by atoms with van der Waals surface area (Å²) in [7, 11) is 0. The molecule has 0 saturated carbocycles. The average molecular weight is 233 g/mol. The van der Waals surface area contributed by atoms with E-state index in [-0.39, 0.29) is 0 Å². The van der Waals surface area contributed by atoms with Crippen LogP contribution in [0.3, 0.4) is 0 Å². The van der Waals surface area contributed by atoms with E-state index in [1.165, 1.54) is 24.8 Å². The Labute approximate surface area is 104 Å². The van der Waals surface area contributed by atoms with Gasteiger partial charge >= 0.3 is 0 Å². The van der Waals surface area contributed by atoms with Crippen LogP contribution in [-0.4, -0.2) is 24.6 Å². The van der Waals surface area contributed by atoms with E-state index in [1.807, 2.05) is 12.3 Å². The van der Waals surface area contributed by atoms with Crippen LogP contribution in [0.5, 0.6) is 0 Å². The SMILES string of the molecule is CC1CCCN(c2ncccc2CCN)CC1. The van der Waals surface area contributed by atoms with Crippen molar-refractivity contribution in [3.63, 3.8) is 0 Å². The second kappa shape index (κ2) is 6.01. The molecule has 2 rings (SSSR count). The molecule has 1 aliphatic rings. The van der Waals surface area contributed by atoms with Gasteiger partial charge in [-0.05, 0) is 49.8 Å². The lowest BCUT2D eigenvalue weighted by atomic mass is 10.0. The van der Waals surface area contributed by atoms with Gasteiger partial charge in [0.15, 0.2) is 0 Å². The summed E-state index contributed by atoms with van der Waals surface area (Å²) in [6, 6.07) is 4.17. The quantitative estimate of drug-likeness (QED) is 0.870. The van der Waals surface area contributed by atoms with Crippen molar-refractivity contribution in [1.82, 2.24) is 4.98 Å². The highest BCUT2D eigenvalue weighted by molar-refractivity contribution is 5.47. The Morgan fingerprint density at radius 1 is 1.41 bits per heavy atom. The molecule has 3 heteroatoms. The van der Waals surface area contributed by atoms with Crippen LogP contribution < -0.4 is 10.6 Å². The van der Waals surface area contributed by atoms with Crippen molar-refractivity contribution < 1.29 is 0 Å². The lowest BCUT2D eigenvalue weighted by molar-refractivity contribution is 0.521. The average Bonchev–Trinajstić information content (AvgIpc) is 2.55. The first-order valence-electron chi connectivity index (χ1n) is 6.70. The largest absolute Gasteiger partial charge is 0.356 e. The van der Waals surface area contributed by atoms with Crippen molar-refractivity contribution >= 4 is 5.82 Å². The van der Waals surface area contributed by atoms with E-state index in [4.69, 9.17) is 5.73 Å². The van der Waals surface area contributed by atoms with Gasteiger partial charge in [-0.3, -0.25) is 0 Å². The predicted octanol–water partition coefficient (Wildman–Crippen LogP) is 2.21. The van der Waals surface area contributed by atoms with Crippen LogP contribution in [0, 0.1) is 5.92 Å². The van der Waals surface area contributed by atoms with Crippen molar-refractivity contribution in [2.45, 2.75) is 32.6 Å². The van der Waals surface area contributed by atoms with E-state index in [2.05, 4.69) is 22.9 Å². The summed E-state index contributed by atoms with van der Waals surface area (Å²) in [4.78, 5) is 7.00. The first-order chi connectivity index (χ1) is 8.31. The van der Waals surface area contributed by atoms with E-state index in [0.29, 0.717) is 6.54 Å². The van der Waals surface area contributed by atoms with Crippen molar-refractivity contribution in [1.29, 1.82) is 0 Å². The minimum Gasteiger partial charge on any atom is -0.356 e. The number of hydrogen-bond donors (Lipinski definition) is 1. The molecule has 0 bridgehead atoms. The monoisotopic (exact) mass is 233 g/mol. The smallest absolute Gasteiger partial charge is 0.131 e. The lowest BCUT2D eigenvalue weighted by Gasteiger charge is -2.24. The molecule has 0 aliphatic carbocycles. The van der Waals surface area contributed by atoms with E-state index in [0.717, 1.165) is 31.2 Å². The zero-order chi connectivity index (χ0) is 12.1. The molecule has 1 saturated heterocycles. The first kappa shape index (κ1) is 12.4. The van der Waals surface area contributed by atoms with Crippen LogP contribution in [0.4, 0.5) is 5.82 Å². The molecule has 0 radical (unpaired) electrons. The fourth-order valence-corrected chi connectivity index (χ4v) is 2.54. The summed E-state index contributed by atoms with van der Waals surface area (Å²) in [6.07, 6.45) is 6.72. The molecule has 1 fully saturated rings. The van der Waals surface area contributed by atoms with Gasteiger partial charge in [-0.25, -0.2) is 4.98 Å². The molecule has 1 aromatic heterocycles. The van der Waals surface area contributed by atoms with Gasteiger partial charge in [-0.15, -0.1) is 0 Å². The number of hydrogen-bond acceptors (Lipinski definition) is 3. The molecule has 0 spiro atoms. The number of anilines is 1. The van der Waals surface area contributed by atoms with Crippen LogP contribution in [0.15, 0.2) is 18.3 Å². The zero-order valence-electron chi connectivity index (χ0n) is 10.7. The van der Waals surface area contributed by atoms with Gasteiger partial charge in [0.25, 0.3) is 0 Å². The van der Waals surface area contributed by atoms with Crippen LogP contribution in [0.25, 0.3) is 0 Å². The van der Waals surface area contributed by atoms with Crippen molar-refractivity contribution in [3.05, 3.63) is 23.9 Å². The molecule has 17 heavy (non-hydrogen) atoms. The Morgan fingerprint density at radius 2 is 2.29 bits per heavy atom. The summed E-state index contributed by atoms with van der Waals surface area (Å²) < 4.78 is 0. The fraction of sp³-hybridized carbons (Fsp3) is 0.643. The van der Waals surface area contributed by atoms with Crippen LogP contribution in [0.2, 0.25) is 0 Å². The summed E-state index contributed by atoms with van der Waals surface area (Å²) in [6.45, 7) is 5.32. The molecule has 2 heterocycles. The molecular weight excluding hydrogens is 210 g/mol. The molecule has 0 aromatic carbocycles. The van der Waals surface area contributed by atoms with E-state index in [9.17, 15) is 0 Å². The topological polar surface area (TPSA) is 42.2 Å². The highest BCUT2D eigenvalue weighted by atomic mass is 15.2. The number of pyridine rings is 1. The van der Waals surface area contributed by atoms with Gasteiger partial charge in [0.1, 0.15) is 5.82 Å². The van der Waals surface area contributed by atoms with Crippen LogP contribution in [-0.2, 0) is 6.42 Å². The maximum absolute atomic E-state index is 5.67. The maximum Gasteiger partial charge on any atom is 0.131 e. The third kappa shape index (κ3) is 3.19. The van der Waals surface area contributed by atoms with E-state index < -0.39 is 0 Å². The number of rotatable bonds is 3. The highest BCUT2D eigenvalue weighted by Gasteiger charge is 2.16. The van der Waals surface area contributed by atoms with Crippen molar-refractivity contribution in [3.8, 4) is 0 Å². The van der Waals surface area contributed by atoms with Gasteiger partial charge in [0, 0.05) is 19.3 Å². The molecule has 2 N–H and O–H groups in total. The molecule has 0 amide bonds. The molecule has 1 aromatic rings. The third-order valence-corrected chi connectivity index (χ3v) is 3.60. The van der Waals surface area contributed by atoms with Crippen LogP contribution >= 0.6 is 0 Å². The molecule has 1 atom stereocenters. The van der Waals surface area contributed by atoms with Gasteiger partial charge in [0.05, 0.1) is 0 Å². The van der Waals surface area contributed by atoms with E-state index in [1.54, 1.807) is 0 Å². The number of nitrogens with two attached hydrogens (primary N) is 1. The van der Waals surface area contributed by atoms with Gasteiger partial charge in [0.2, 0.25) is 0 Å². The summed E-state index contributed by atoms with van der Waals surface area (Å²) in [5, 5.41) is 0. The minimum atomic E-state index is 0.697. The van der Waals surface area contributed by atoms with Crippen LogP contribution in [0.1, 0.15) is 31.7 Å². The predicted molar refractivity (Wildman–Crippen MR) is 72.2 cm³/mol.